The average molecular weight is 332 g/mol. The van der Waals surface area contributed by atoms with Crippen molar-refractivity contribution in [3.63, 3.8) is 0 Å². The van der Waals surface area contributed by atoms with Gasteiger partial charge in [-0.3, -0.25) is 4.68 Å². The molecule has 0 saturated heterocycles. The van der Waals surface area contributed by atoms with Gasteiger partial charge in [0.1, 0.15) is 0 Å². The van der Waals surface area contributed by atoms with Crippen molar-refractivity contribution >= 4 is 22.5 Å². The fourth-order valence-electron chi connectivity index (χ4n) is 2.84. The van der Waals surface area contributed by atoms with E-state index in [1.165, 1.54) is 5.69 Å². The molecule has 0 fully saturated rings. The molecule has 3 aromatic rings. The molecule has 122 valence electrons. The first-order valence-corrected chi connectivity index (χ1v) is 8.24. The van der Waals surface area contributed by atoms with Crippen molar-refractivity contribution in [2.75, 3.05) is 0 Å². The Bertz CT molecular complexity index is 803. The quantitative estimate of drug-likeness (QED) is 0.753. The molecule has 3 rings (SSSR count). The summed E-state index contributed by atoms with van der Waals surface area (Å²) in [5.74, 6) is 0.599. The highest BCUT2D eigenvalue weighted by atomic mass is 35.5. The first-order chi connectivity index (χ1) is 11.1. The van der Waals surface area contributed by atoms with Gasteiger partial charge in [-0.05, 0) is 18.1 Å². The second-order valence-corrected chi connectivity index (χ2v) is 6.65. The molecule has 1 N–H and O–H groups in total. The lowest BCUT2D eigenvalue weighted by molar-refractivity contribution is 0.499. The Morgan fingerprint density at radius 1 is 1.26 bits per heavy atom. The fraction of sp³-hybridized carbons (Fsp3) is 0.412. The molecular formula is C17H22ClN5. The Morgan fingerprint density at radius 2 is 2.09 bits per heavy atom. The summed E-state index contributed by atoms with van der Waals surface area (Å²) < 4.78 is 4.07. The molecule has 1 aromatic carbocycles. The average Bonchev–Trinajstić information content (AvgIpc) is 3.05. The maximum Gasteiger partial charge on any atom is 0.0948 e. The van der Waals surface area contributed by atoms with Crippen LogP contribution in [-0.2, 0) is 26.7 Å². The van der Waals surface area contributed by atoms with E-state index in [-0.39, 0.29) is 0 Å². The number of aryl methyl sites for hydroxylation is 1. The van der Waals surface area contributed by atoms with Crippen molar-refractivity contribution in [1.82, 2.24) is 24.6 Å². The SMILES string of the molecule is CC(C)Cn1cncc1CNCc1nn(C)c2cccc(Cl)c12. The third-order valence-corrected chi connectivity index (χ3v) is 4.17. The Hall–Kier alpha value is -1.85. The largest absolute Gasteiger partial charge is 0.333 e. The van der Waals surface area contributed by atoms with Crippen LogP contribution in [0.25, 0.3) is 10.9 Å². The molecule has 0 aliphatic rings. The van der Waals surface area contributed by atoms with Gasteiger partial charge in [0.25, 0.3) is 0 Å². The molecule has 0 spiro atoms. The number of hydrogen-bond acceptors (Lipinski definition) is 3. The number of halogens is 1. The highest BCUT2D eigenvalue weighted by Gasteiger charge is 2.11. The van der Waals surface area contributed by atoms with E-state index >= 15 is 0 Å². The van der Waals surface area contributed by atoms with Crippen LogP contribution < -0.4 is 5.32 Å². The van der Waals surface area contributed by atoms with Crippen LogP contribution in [-0.4, -0.2) is 19.3 Å². The zero-order valence-corrected chi connectivity index (χ0v) is 14.5. The second-order valence-electron chi connectivity index (χ2n) is 6.24. The number of rotatable bonds is 6. The summed E-state index contributed by atoms with van der Waals surface area (Å²) >= 11 is 6.34. The van der Waals surface area contributed by atoms with Crippen molar-refractivity contribution in [2.24, 2.45) is 13.0 Å². The molecule has 0 amide bonds. The normalized spacial score (nSPS) is 11.7. The fourth-order valence-corrected chi connectivity index (χ4v) is 3.12. The highest BCUT2D eigenvalue weighted by Crippen LogP contribution is 2.26. The molecule has 23 heavy (non-hydrogen) atoms. The van der Waals surface area contributed by atoms with E-state index in [0.717, 1.165) is 34.7 Å². The predicted octanol–water partition coefficient (Wildman–Crippen LogP) is 3.37. The van der Waals surface area contributed by atoms with Crippen molar-refractivity contribution in [3.8, 4) is 0 Å². The standard InChI is InChI=1S/C17H22ClN5/c1-12(2)10-23-11-20-8-13(23)7-19-9-15-17-14(18)5-4-6-16(17)22(3)21-15/h4-6,8,11-12,19H,7,9-10H2,1-3H3. The van der Waals surface area contributed by atoms with Gasteiger partial charge in [-0.1, -0.05) is 31.5 Å². The minimum absolute atomic E-state index is 0.599. The monoisotopic (exact) mass is 331 g/mol. The van der Waals surface area contributed by atoms with E-state index in [0.29, 0.717) is 12.5 Å². The number of imidazole rings is 1. The smallest absolute Gasteiger partial charge is 0.0948 e. The van der Waals surface area contributed by atoms with E-state index in [1.807, 2.05) is 42.5 Å². The van der Waals surface area contributed by atoms with Gasteiger partial charge < -0.3 is 9.88 Å². The third kappa shape index (κ3) is 3.41. The summed E-state index contributed by atoms with van der Waals surface area (Å²) in [5.41, 5.74) is 3.22. The lowest BCUT2D eigenvalue weighted by Gasteiger charge is -2.11. The summed E-state index contributed by atoms with van der Waals surface area (Å²) in [5, 5.41) is 9.82. The first kappa shape index (κ1) is 16.0. The summed E-state index contributed by atoms with van der Waals surface area (Å²) in [6.45, 7) is 6.83. The Morgan fingerprint density at radius 3 is 2.87 bits per heavy atom. The van der Waals surface area contributed by atoms with E-state index in [4.69, 9.17) is 11.6 Å². The van der Waals surface area contributed by atoms with Crippen molar-refractivity contribution < 1.29 is 0 Å². The predicted molar refractivity (Wildman–Crippen MR) is 93.3 cm³/mol. The topological polar surface area (TPSA) is 47.7 Å². The Kier molecular flexibility index (Phi) is 4.68. The van der Waals surface area contributed by atoms with Gasteiger partial charge in [0.05, 0.1) is 28.3 Å². The van der Waals surface area contributed by atoms with Gasteiger partial charge in [-0.15, -0.1) is 0 Å². The number of benzene rings is 1. The Balaban J connectivity index is 1.71. The number of nitrogens with one attached hydrogen (secondary N) is 1. The summed E-state index contributed by atoms with van der Waals surface area (Å²) in [7, 11) is 1.94. The van der Waals surface area contributed by atoms with E-state index in [2.05, 4.69) is 33.8 Å². The van der Waals surface area contributed by atoms with Crippen LogP contribution in [0.2, 0.25) is 5.02 Å². The summed E-state index contributed by atoms with van der Waals surface area (Å²) in [4.78, 5) is 4.25. The van der Waals surface area contributed by atoms with Crippen LogP contribution in [0.3, 0.4) is 0 Å². The van der Waals surface area contributed by atoms with Gasteiger partial charge in [0.15, 0.2) is 0 Å². The van der Waals surface area contributed by atoms with Crippen molar-refractivity contribution in [3.05, 3.63) is 47.1 Å². The van der Waals surface area contributed by atoms with E-state index in [1.54, 1.807) is 0 Å². The minimum atomic E-state index is 0.599. The molecule has 2 heterocycles. The van der Waals surface area contributed by atoms with Gasteiger partial charge >= 0.3 is 0 Å². The van der Waals surface area contributed by atoms with Crippen LogP contribution in [0.1, 0.15) is 25.2 Å². The van der Waals surface area contributed by atoms with Gasteiger partial charge in [-0.25, -0.2) is 4.98 Å². The Labute approximate surface area is 141 Å². The first-order valence-electron chi connectivity index (χ1n) is 7.86. The number of nitrogens with zero attached hydrogens (tertiary/aromatic N) is 4. The van der Waals surface area contributed by atoms with E-state index < -0.39 is 0 Å². The lowest BCUT2D eigenvalue weighted by atomic mass is 10.2. The zero-order valence-electron chi connectivity index (χ0n) is 13.8. The maximum atomic E-state index is 6.34. The van der Waals surface area contributed by atoms with Crippen LogP contribution in [0, 0.1) is 5.92 Å². The molecule has 0 unspecified atom stereocenters. The van der Waals surface area contributed by atoms with Crippen LogP contribution in [0.15, 0.2) is 30.7 Å². The molecule has 0 aliphatic carbocycles. The van der Waals surface area contributed by atoms with Crippen LogP contribution in [0.5, 0.6) is 0 Å². The molecule has 0 bridgehead atoms. The third-order valence-electron chi connectivity index (χ3n) is 3.86. The summed E-state index contributed by atoms with van der Waals surface area (Å²) in [6, 6.07) is 5.90. The molecular weight excluding hydrogens is 310 g/mol. The molecule has 6 heteroatoms. The van der Waals surface area contributed by atoms with Gasteiger partial charge in [-0.2, -0.15) is 5.10 Å². The lowest BCUT2D eigenvalue weighted by Crippen LogP contribution is -2.17. The van der Waals surface area contributed by atoms with Crippen LogP contribution in [0.4, 0.5) is 0 Å². The van der Waals surface area contributed by atoms with Crippen LogP contribution >= 0.6 is 11.6 Å². The van der Waals surface area contributed by atoms with Crippen molar-refractivity contribution in [2.45, 2.75) is 33.5 Å². The second kappa shape index (κ2) is 6.72. The van der Waals surface area contributed by atoms with Gasteiger partial charge in [0, 0.05) is 38.3 Å². The molecule has 2 aromatic heterocycles. The number of fused-ring (bicyclic) bond motifs is 1. The number of hydrogen-bond donors (Lipinski definition) is 1. The van der Waals surface area contributed by atoms with Gasteiger partial charge in [0.2, 0.25) is 0 Å². The molecule has 0 aliphatic heterocycles. The summed E-state index contributed by atoms with van der Waals surface area (Å²) in [6.07, 6.45) is 3.81. The van der Waals surface area contributed by atoms with Crippen molar-refractivity contribution in [1.29, 1.82) is 0 Å². The molecule has 0 radical (unpaired) electrons. The molecule has 5 nitrogen and oxygen atoms in total. The zero-order chi connectivity index (χ0) is 16.4. The maximum absolute atomic E-state index is 6.34. The number of aromatic nitrogens is 4. The highest BCUT2D eigenvalue weighted by molar-refractivity contribution is 6.35. The molecule has 0 saturated carbocycles. The molecule has 0 atom stereocenters. The van der Waals surface area contributed by atoms with E-state index in [9.17, 15) is 0 Å². The minimum Gasteiger partial charge on any atom is -0.333 e.